The van der Waals surface area contributed by atoms with Crippen LogP contribution in [-0.4, -0.2) is 49.0 Å². The number of amides is 2. The topological polar surface area (TPSA) is 133 Å². The SMILES string of the molecule is COc1cc2c(c(OC)c1OC)-c1ccc(N[C@@H](C)C(=O)Nc3c(C)nn(C)c3C)c(=O)cc1[C@@H](NC(C)=O)CC2. The minimum atomic E-state index is -0.735. The number of aryl methyl sites for hydroxylation is 3. The van der Waals surface area contributed by atoms with E-state index < -0.39 is 12.1 Å². The monoisotopic (exact) mass is 563 g/mol. The van der Waals surface area contributed by atoms with E-state index in [0.29, 0.717) is 52.6 Å². The normalized spacial score (nSPS) is 14.6. The molecule has 2 amide bonds. The zero-order valence-corrected chi connectivity index (χ0v) is 24.7. The number of aromatic nitrogens is 2. The van der Waals surface area contributed by atoms with Crippen molar-refractivity contribution >= 4 is 23.2 Å². The lowest BCUT2D eigenvalue weighted by Crippen LogP contribution is -2.33. The standard InChI is InChI=1S/C30H37N5O6/c1-15-27(17(3)35(5)34-15)33-30(38)16(2)31-23-12-10-20-21(14-24(23)37)22(32-18(4)36)11-9-19-13-25(39-6)28(40-7)29(41-8)26(19)20/h10,12-14,16,22H,9,11H2,1-8H3,(H,31,37)(H,32,36)(H,33,38)/t16-,22-/m0/s1. The van der Waals surface area contributed by atoms with Gasteiger partial charge in [-0.15, -0.1) is 0 Å². The molecular formula is C30H37N5O6. The molecule has 11 nitrogen and oxygen atoms in total. The number of nitrogens with one attached hydrogen (secondary N) is 3. The van der Waals surface area contributed by atoms with Crippen molar-refractivity contribution in [2.75, 3.05) is 32.0 Å². The van der Waals surface area contributed by atoms with Crippen LogP contribution in [0.5, 0.6) is 17.2 Å². The van der Waals surface area contributed by atoms with E-state index in [1.165, 1.54) is 20.1 Å². The van der Waals surface area contributed by atoms with Gasteiger partial charge in [0.15, 0.2) is 11.5 Å². The molecule has 0 aliphatic heterocycles. The maximum absolute atomic E-state index is 13.6. The van der Waals surface area contributed by atoms with Gasteiger partial charge in [0.1, 0.15) is 6.04 Å². The second-order valence-corrected chi connectivity index (χ2v) is 10.1. The third-order valence-electron chi connectivity index (χ3n) is 7.44. The number of carbonyl (C=O) groups is 2. The highest BCUT2D eigenvalue weighted by Gasteiger charge is 2.29. The summed E-state index contributed by atoms with van der Waals surface area (Å²) in [6.45, 7) is 6.83. The van der Waals surface area contributed by atoms with Crippen molar-refractivity contribution in [3.63, 3.8) is 0 Å². The van der Waals surface area contributed by atoms with Gasteiger partial charge in [0.05, 0.1) is 50.1 Å². The predicted molar refractivity (Wildman–Crippen MR) is 157 cm³/mol. The lowest BCUT2D eigenvalue weighted by molar-refractivity contribution is -0.119. The van der Waals surface area contributed by atoms with E-state index in [1.54, 1.807) is 31.9 Å². The van der Waals surface area contributed by atoms with Gasteiger partial charge < -0.3 is 30.2 Å². The van der Waals surface area contributed by atoms with Crippen molar-refractivity contribution in [1.29, 1.82) is 0 Å². The summed E-state index contributed by atoms with van der Waals surface area (Å²) in [5, 5.41) is 13.3. The molecule has 0 radical (unpaired) electrons. The van der Waals surface area contributed by atoms with Gasteiger partial charge in [-0.05, 0) is 68.5 Å². The highest BCUT2D eigenvalue weighted by atomic mass is 16.5. The van der Waals surface area contributed by atoms with E-state index >= 15 is 0 Å². The van der Waals surface area contributed by atoms with Crippen LogP contribution in [0.3, 0.4) is 0 Å². The summed E-state index contributed by atoms with van der Waals surface area (Å²) in [5.41, 5.74) is 5.12. The van der Waals surface area contributed by atoms with Gasteiger partial charge >= 0.3 is 0 Å². The third-order valence-corrected chi connectivity index (χ3v) is 7.44. The molecule has 0 bridgehead atoms. The Morgan fingerprint density at radius 3 is 2.37 bits per heavy atom. The summed E-state index contributed by atoms with van der Waals surface area (Å²) >= 11 is 0. The van der Waals surface area contributed by atoms with E-state index in [4.69, 9.17) is 14.2 Å². The molecule has 4 rings (SSSR count). The number of ether oxygens (including phenoxy) is 3. The van der Waals surface area contributed by atoms with Crippen LogP contribution < -0.4 is 35.6 Å². The number of anilines is 2. The zero-order valence-electron chi connectivity index (χ0n) is 24.7. The van der Waals surface area contributed by atoms with Crippen LogP contribution in [0.2, 0.25) is 0 Å². The average Bonchev–Trinajstić information content (AvgIpc) is 3.04. The van der Waals surface area contributed by atoms with Crippen LogP contribution in [0.15, 0.2) is 29.1 Å². The Kier molecular flexibility index (Phi) is 8.55. The first kappa shape index (κ1) is 29.4. The Hall–Kier alpha value is -4.54. The molecule has 218 valence electrons. The summed E-state index contributed by atoms with van der Waals surface area (Å²) in [6, 6.07) is 5.72. The summed E-state index contributed by atoms with van der Waals surface area (Å²) in [5.74, 6) is 0.897. The van der Waals surface area contributed by atoms with Gasteiger partial charge in [0.25, 0.3) is 0 Å². The van der Waals surface area contributed by atoms with Crippen LogP contribution in [-0.2, 0) is 23.1 Å². The van der Waals surface area contributed by atoms with Crippen molar-refractivity contribution < 1.29 is 23.8 Å². The van der Waals surface area contributed by atoms with E-state index in [-0.39, 0.29) is 22.9 Å². The molecule has 41 heavy (non-hydrogen) atoms. The summed E-state index contributed by atoms with van der Waals surface area (Å²) in [6.07, 6.45) is 1.14. The quantitative estimate of drug-likeness (QED) is 0.378. The number of carbonyl (C=O) groups excluding carboxylic acids is 2. The fraction of sp³-hybridized carbons (Fsp3) is 0.400. The molecule has 11 heteroatoms. The number of hydrogen-bond acceptors (Lipinski definition) is 8. The third kappa shape index (κ3) is 5.70. The molecule has 0 fully saturated rings. The van der Waals surface area contributed by atoms with E-state index in [9.17, 15) is 14.4 Å². The smallest absolute Gasteiger partial charge is 0.246 e. The van der Waals surface area contributed by atoms with Gasteiger partial charge in [-0.25, -0.2) is 0 Å². The average molecular weight is 564 g/mol. The van der Waals surface area contributed by atoms with Crippen molar-refractivity contribution in [1.82, 2.24) is 15.1 Å². The van der Waals surface area contributed by atoms with Crippen LogP contribution in [0.25, 0.3) is 11.1 Å². The van der Waals surface area contributed by atoms with Crippen molar-refractivity contribution in [2.24, 2.45) is 7.05 Å². The molecule has 3 N–H and O–H groups in total. The van der Waals surface area contributed by atoms with Crippen molar-refractivity contribution in [3.8, 4) is 28.4 Å². The van der Waals surface area contributed by atoms with Crippen LogP contribution >= 0.6 is 0 Å². The number of benzene rings is 1. The second-order valence-electron chi connectivity index (χ2n) is 10.1. The summed E-state index contributed by atoms with van der Waals surface area (Å²) < 4.78 is 18.7. The van der Waals surface area contributed by atoms with Crippen LogP contribution in [0, 0.1) is 13.8 Å². The van der Waals surface area contributed by atoms with Gasteiger partial charge in [-0.2, -0.15) is 5.10 Å². The number of fused-ring (bicyclic) bond motifs is 3. The van der Waals surface area contributed by atoms with Gasteiger partial charge in [-0.3, -0.25) is 19.1 Å². The minimum Gasteiger partial charge on any atom is -0.493 e. The largest absolute Gasteiger partial charge is 0.493 e. The Morgan fingerprint density at radius 1 is 1.07 bits per heavy atom. The predicted octanol–water partition coefficient (Wildman–Crippen LogP) is 3.65. The summed E-state index contributed by atoms with van der Waals surface area (Å²) in [4.78, 5) is 38.8. The first-order chi connectivity index (χ1) is 19.5. The maximum Gasteiger partial charge on any atom is 0.246 e. The fourth-order valence-electron chi connectivity index (χ4n) is 5.31. The molecule has 1 aliphatic rings. The van der Waals surface area contributed by atoms with Crippen LogP contribution in [0.1, 0.15) is 48.8 Å². The molecule has 0 saturated carbocycles. The lowest BCUT2D eigenvalue weighted by Gasteiger charge is -2.19. The molecule has 2 aromatic carbocycles. The molecule has 0 saturated heterocycles. The Morgan fingerprint density at radius 2 is 1.78 bits per heavy atom. The first-order valence-electron chi connectivity index (χ1n) is 13.4. The molecule has 3 aromatic rings. The molecular weight excluding hydrogens is 526 g/mol. The molecule has 1 heterocycles. The highest BCUT2D eigenvalue weighted by Crippen LogP contribution is 2.50. The van der Waals surface area contributed by atoms with Gasteiger partial charge in [0.2, 0.25) is 23.0 Å². The second kappa shape index (κ2) is 11.9. The molecule has 2 atom stereocenters. The molecule has 1 aromatic heterocycles. The first-order valence-corrected chi connectivity index (χ1v) is 13.4. The molecule has 0 spiro atoms. The minimum absolute atomic E-state index is 0.211. The Bertz CT molecular complexity index is 1560. The van der Waals surface area contributed by atoms with Crippen molar-refractivity contribution in [3.05, 3.63) is 57.0 Å². The van der Waals surface area contributed by atoms with E-state index in [0.717, 1.165) is 16.8 Å². The highest BCUT2D eigenvalue weighted by molar-refractivity contribution is 5.97. The van der Waals surface area contributed by atoms with Gasteiger partial charge in [0, 0.05) is 19.5 Å². The maximum atomic E-state index is 13.6. The number of rotatable bonds is 8. The molecule has 1 aliphatic carbocycles. The Labute approximate surface area is 239 Å². The number of hydrogen-bond donors (Lipinski definition) is 3. The van der Waals surface area contributed by atoms with Crippen molar-refractivity contribution in [2.45, 2.75) is 52.6 Å². The van der Waals surface area contributed by atoms with E-state index in [1.807, 2.05) is 33.0 Å². The summed E-state index contributed by atoms with van der Waals surface area (Å²) in [7, 11) is 6.46. The van der Waals surface area contributed by atoms with Gasteiger partial charge in [-0.1, -0.05) is 6.07 Å². The fourth-order valence-corrected chi connectivity index (χ4v) is 5.31. The zero-order chi connectivity index (χ0) is 30.0. The Balaban J connectivity index is 1.81. The lowest BCUT2D eigenvalue weighted by atomic mass is 9.95. The molecule has 0 unspecified atom stereocenters. The van der Waals surface area contributed by atoms with E-state index in [2.05, 4.69) is 21.0 Å². The number of nitrogens with zero attached hydrogens (tertiary/aromatic N) is 2. The van der Waals surface area contributed by atoms with Crippen LogP contribution in [0.4, 0.5) is 11.4 Å². The number of methoxy groups -OCH3 is 3.